The molecule has 0 aromatic heterocycles. The van der Waals surface area contributed by atoms with Crippen molar-refractivity contribution in [3.63, 3.8) is 0 Å². The fraction of sp³-hybridized carbons (Fsp3) is 0.795. The molecule has 12 heteroatoms. The molecule has 0 spiro atoms. The molecule has 2 saturated heterocycles. The number of piperidine rings is 1. The predicted octanol–water partition coefficient (Wildman–Crippen LogP) is 5.46. The molecule has 2 bridgehead atoms. The number of esters is 1. The second-order valence-electron chi connectivity index (χ2n) is 17.3. The van der Waals surface area contributed by atoms with Gasteiger partial charge in [0.1, 0.15) is 18.2 Å². The van der Waals surface area contributed by atoms with E-state index in [0.29, 0.717) is 38.5 Å². The highest BCUT2D eigenvalue weighted by molar-refractivity contribution is 6.39. The van der Waals surface area contributed by atoms with Gasteiger partial charge in [0.15, 0.2) is 0 Å². The number of aliphatic hydroxyl groups excluding tert-OH is 2. The van der Waals surface area contributed by atoms with Gasteiger partial charge in [-0.15, -0.1) is 0 Å². The molecule has 4 aliphatic rings. The van der Waals surface area contributed by atoms with E-state index in [-0.39, 0.29) is 43.2 Å². The zero-order chi connectivity index (χ0) is 41.5. The van der Waals surface area contributed by atoms with Crippen LogP contribution < -0.4 is 0 Å². The zero-order valence-corrected chi connectivity index (χ0v) is 35.4. The molecular formula is C44H71NO11. The third-order valence-corrected chi connectivity index (χ3v) is 13.1. The smallest absolute Gasteiger partial charge is 0.329 e. The Hall–Kier alpha value is -2.45. The second kappa shape index (κ2) is 20.5. The van der Waals surface area contributed by atoms with Gasteiger partial charge in [-0.1, -0.05) is 57.6 Å². The molecule has 1 saturated carbocycles. The molecule has 56 heavy (non-hydrogen) atoms. The summed E-state index contributed by atoms with van der Waals surface area (Å²) >= 11 is 0. The molecule has 14 atom stereocenters. The fourth-order valence-electron chi connectivity index (χ4n) is 9.54. The number of cyclic esters (lactones) is 1. The van der Waals surface area contributed by atoms with Crippen LogP contribution in [-0.4, -0.2) is 120 Å². The number of aliphatic hydroxyl groups is 3. The van der Waals surface area contributed by atoms with Gasteiger partial charge in [0.25, 0.3) is 11.7 Å². The van der Waals surface area contributed by atoms with Gasteiger partial charge in [-0.05, 0) is 108 Å². The van der Waals surface area contributed by atoms with Gasteiger partial charge in [0, 0.05) is 39.7 Å². The Bertz CT molecular complexity index is 1430. The maximum atomic E-state index is 14.3. The minimum atomic E-state index is -2.47. The zero-order valence-electron chi connectivity index (χ0n) is 35.4. The summed E-state index contributed by atoms with van der Waals surface area (Å²) in [4.78, 5) is 44.0. The van der Waals surface area contributed by atoms with Crippen LogP contribution in [0.1, 0.15) is 112 Å². The van der Waals surface area contributed by atoms with E-state index in [1.54, 1.807) is 28.3 Å². The summed E-state index contributed by atoms with van der Waals surface area (Å²) in [6.45, 7) is 16.2. The van der Waals surface area contributed by atoms with Crippen LogP contribution >= 0.6 is 0 Å². The van der Waals surface area contributed by atoms with Gasteiger partial charge in [-0.3, -0.25) is 9.59 Å². The van der Waals surface area contributed by atoms with Gasteiger partial charge in [-0.25, -0.2) is 4.79 Å². The Morgan fingerprint density at radius 2 is 1.61 bits per heavy atom. The molecule has 0 aromatic carbocycles. The normalized spacial score (nSPS) is 41.6. The molecule has 318 valence electrons. The van der Waals surface area contributed by atoms with E-state index >= 15 is 0 Å². The van der Waals surface area contributed by atoms with Crippen LogP contribution in [0, 0.1) is 29.6 Å². The lowest BCUT2D eigenvalue weighted by Crippen LogP contribution is -2.64. The molecule has 3 N–H and O–H groups in total. The van der Waals surface area contributed by atoms with Gasteiger partial charge in [0.2, 0.25) is 5.79 Å². The number of ketones is 1. The molecule has 3 fully saturated rings. The van der Waals surface area contributed by atoms with Crippen molar-refractivity contribution in [3.8, 4) is 0 Å². The maximum absolute atomic E-state index is 14.3. The van der Waals surface area contributed by atoms with Crippen molar-refractivity contribution in [3.05, 3.63) is 35.5 Å². The highest BCUT2D eigenvalue weighted by Gasteiger charge is 2.56. The van der Waals surface area contributed by atoms with Gasteiger partial charge >= 0.3 is 5.97 Å². The molecule has 0 radical (unpaired) electrons. The summed E-state index contributed by atoms with van der Waals surface area (Å²) in [5, 5.41) is 34.3. The van der Waals surface area contributed by atoms with E-state index in [1.165, 1.54) is 4.90 Å². The fourth-order valence-corrected chi connectivity index (χ4v) is 9.54. The number of amides is 1. The van der Waals surface area contributed by atoms with Gasteiger partial charge in [0.05, 0.1) is 30.5 Å². The number of rotatable bonds is 6. The van der Waals surface area contributed by atoms with Crippen LogP contribution in [0.4, 0.5) is 0 Å². The molecule has 4 rings (SSSR count). The lowest BCUT2D eigenvalue weighted by Gasteiger charge is -2.47. The number of carbonyl (C=O) groups is 3. The highest BCUT2D eigenvalue weighted by Crippen LogP contribution is 2.39. The second-order valence-corrected chi connectivity index (χ2v) is 17.3. The molecule has 1 amide bonds. The van der Waals surface area contributed by atoms with Crippen molar-refractivity contribution in [1.29, 1.82) is 0 Å². The molecule has 0 unspecified atom stereocenters. The van der Waals surface area contributed by atoms with Crippen LogP contribution in [0.5, 0.6) is 0 Å². The largest absolute Gasteiger partial charge is 0.456 e. The number of allylic oxidation sites excluding steroid dienone is 3. The molecular weight excluding hydrogens is 718 g/mol. The van der Waals surface area contributed by atoms with Gasteiger partial charge in [-0.2, -0.15) is 0 Å². The van der Waals surface area contributed by atoms with E-state index in [4.69, 9.17) is 23.7 Å². The van der Waals surface area contributed by atoms with Crippen molar-refractivity contribution in [2.75, 3.05) is 27.9 Å². The molecule has 12 nitrogen and oxygen atoms in total. The average molecular weight is 790 g/mol. The minimum absolute atomic E-state index is 0.0116. The first-order valence-electron chi connectivity index (χ1n) is 20.9. The molecule has 3 aliphatic heterocycles. The summed E-state index contributed by atoms with van der Waals surface area (Å²) in [6.07, 6.45) is 5.69. The van der Waals surface area contributed by atoms with Gasteiger partial charge < -0.3 is 43.9 Å². The number of ether oxygens (including phenoxy) is 5. The number of hydrogen-bond donors (Lipinski definition) is 3. The summed E-state index contributed by atoms with van der Waals surface area (Å²) in [5.74, 6) is -6.46. The Labute approximate surface area is 335 Å². The average Bonchev–Trinajstić information content (AvgIpc) is 3.18. The number of nitrogens with zero attached hydrogens (tertiary/aromatic N) is 1. The summed E-state index contributed by atoms with van der Waals surface area (Å²) in [6, 6.07) is -1.08. The summed E-state index contributed by atoms with van der Waals surface area (Å²) in [5.41, 5.74) is 2.78. The number of methoxy groups -OCH3 is 3. The Morgan fingerprint density at radius 3 is 2.25 bits per heavy atom. The molecule has 0 aromatic rings. The van der Waals surface area contributed by atoms with Crippen molar-refractivity contribution >= 4 is 17.7 Å². The number of carbonyl (C=O) groups excluding carboxylic acids is 3. The van der Waals surface area contributed by atoms with Crippen LogP contribution in [-0.2, 0) is 38.1 Å². The SMILES string of the molecule is C=C1C[C@H](O)[C@@H](C)[C@@H](/C(C)=C/[C@@H]2CC[C@@H](O)[C@H](OC)C2)OC(=O)[C@@H]2CCCCN2C(=O)C(=O)[C@]2(O)O[C@H]([C@@H](OC)C[C@@H](C)C/C(C)=C/[C@H]1CC)[C@@H](OC)C[C@H]2C. The predicted molar refractivity (Wildman–Crippen MR) is 212 cm³/mol. The lowest BCUT2D eigenvalue weighted by atomic mass is 9.81. The number of fused-ring (bicyclic) bond motifs is 3. The van der Waals surface area contributed by atoms with E-state index in [2.05, 4.69) is 39.5 Å². The van der Waals surface area contributed by atoms with Crippen LogP contribution in [0.3, 0.4) is 0 Å². The highest BCUT2D eigenvalue weighted by atomic mass is 16.7. The van der Waals surface area contributed by atoms with Crippen molar-refractivity contribution < 1.29 is 53.4 Å². The van der Waals surface area contributed by atoms with E-state index in [9.17, 15) is 29.7 Å². The third kappa shape index (κ3) is 10.8. The summed E-state index contributed by atoms with van der Waals surface area (Å²) < 4.78 is 29.9. The van der Waals surface area contributed by atoms with Crippen LogP contribution in [0.25, 0.3) is 0 Å². The van der Waals surface area contributed by atoms with Crippen LogP contribution in [0.15, 0.2) is 35.5 Å². The van der Waals surface area contributed by atoms with Crippen LogP contribution in [0.2, 0.25) is 0 Å². The number of Topliss-reactive ketones (excluding diaryl/α,β-unsaturated/α-hetero) is 1. The first-order valence-corrected chi connectivity index (χ1v) is 20.9. The Morgan fingerprint density at radius 1 is 0.946 bits per heavy atom. The molecule has 3 heterocycles. The number of hydrogen-bond acceptors (Lipinski definition) is 11. The maximum Gasteiger partial charge on any atom is 0.329 e. The van der Waals surface area contributed by atoms with E-state index < -0.39 is 77.9 Å². The molecule has 1 aliphatic carbocycles. The van der Waals surface area contributed by atoms with E-state index in [0.717, 1.165) is 36.0 Å². The van der Waals surface area contributed by atoms with Crippen molar-refractivity contribution in [2.24, 2.45) is 29.6 Å². The first kappa shape index (κ1) is 46.2. The lowest BCUT2D eigenvalue weighted by molar-refractivity contribution is -0.302. The monoisotopic (exact) mass is 790 g/mol. The van der Waals surface area contributed by atoms with E-state index in [1.807, 2.05) is 13.8 Å². The Kier molecular flexibility index (Phi) is 16.9. The quantitative estimate of drug-likeness (QED) is 0.178. The standard InChI is InChI=1S/C44H71NO11/c1-11-32-19-25(2)18-26(3)20-37(53-9)40-38(54-10)23-29(6)44(51,56-40)41(48)42(49)45-17-13-12-14-33(45)43(50)55-39(30(7)35(47)22-27(32)4)28(5)21-31-15-16-34(46)36(24-31)52-8/h19,21,26,29-40,46-47,51H,4,11-18,20,22-24H2,1-3,5-10H3/b25-19+,28-21+/t26-,29+,30+,31-,32+,33-,34+,35-,36+,37-,38-,39+,40+,44+/m0/s1. The summed E-state index contributed by atoms with van der Waals surface area (Å²) in [7, 11) is 4.71. The van der Waals surface area contributed by atoms with Crippen molar-refractivity contribution in [1.82, 2.24) is 4.90 Å². The van der Waals surface area contributed by atoms with Crippen molar-refractivity contribution in [2.45, 2.75) is 167 Å². The first-order chi connectivity index (χ1) is 26.5. The topological polar surface area (TPSA) is 161 Å². The minimum Gasteiger partial charge on any atom is -0.456 e. The Balaban J connectivity index is 1.76. The third-order valence-electron chi connectivity index (χ3n) is 13.1.